The van der Waals surface area contributed by atoms with Gasteiger partial charge in [-0.15, -0.1) is 0 Å². The first-order chi connectivity index (χ1) is 7.38. The number of rotatable bonds is 3. The highest BCUT2D eigenvalue weighted by Gasteiger charge is 2.10. The fourth-order valence-corrected chi connectivity index (χ4v) is 2.20. The second kappa shape index (κ2) is 5.29. The number of aliphatic hydroxyl groups is 1. The minimum absolute atomic E-state index is 0.147. The summed E-state index contributed by atoms with van der Waals surface area (Å²) in [5.41, 5.74) is 2.34. The Bertz CT molecular complexity index is 305. The van der Waals surface area contributed by atoms with Gasteiger partial charge in [0, 0.05) is 6.54 Å². The van der Waals surface area contributed by atoms with Crippen molar-refractivity contribution in [1.29, 1.82) is 0 Å². The van der Waals surface area contributed by atoms with E-state index in [4.69, 9.17) is 5.11 Å². The quantitative estimate of drug-likeness (QED) is 0.817. The molecule has 0 unspecified atom stereocenters. The number of likely N-dealkylation sites (tertiary alicyclic amines) is 1. The van der Waals surface area contributed by atoms with E-state index < -0.39 is 0 Å². The maximum absolute atomic E-state index is 9.05. The Kier molecular flexibility index (Phi) is 3.75. The van der Waals surface area contributed by atoms with Crippen molar-refractivity contribution in [3.05, 3.63) is 35.4 Å². The van der Waals surface area contributed by atoms with E-state index in [-0.39, 0.29) is 6.61 Å². The molecule has 0 amide bonds. The molecule has 1 fully saturated rings. The van der Waals surface area contributed by atoms with Gasteiger partial charge in [-0.2, -0.15) is 0 Å². The summed E-state index contributed by atoms with van der Waals surface area (Å²) in [6.45, 7) is 3.63. The molecular formula is C13H19NO. The summed E-state index contributed by atoms with van der Waals surface area (Å²) >= 11 is 0. The largest absolute Gasteiger partial charge is 0.392 e. The molecule has 1 saturated heterocycles. The lowest BCUT2D eigenvalue weighted by molar-refractivity contribution is 0.220. The van der Waals surface area contributed by atoms with Gasteiger partial charge in [0.1, 0.15) is 0 Å². The monoisotopic (exact) mass is 205 g/mol. The Morgan fingerprint density at radius 2 is 1.80 bits per heavy atom. The molecule has 0 aromatic heterocycles. The van der Waals surface area contributed by atoms with E-state index in [1.54, 1.807) is 0 Å². The Labute approximate surface area is 91.5 Å². The van der Waals surface area contributed by atoms with Gasteiger partial charge in [-0.05, 0) is 37.1 Å². The molecule has 0 atom stereocenters. The maximum atomic E-state index is 9.05. The number of hydrogen-bond acceptors (Lipinski definition) is 2. The topological polar surface area (TPSA) is 23.5 Å². The molecule has 0 bridgehead atoms. The molecule has 1 N–H and O–H groups in total. The van der Waals surface area contributed by atoms with Gasteiger partial charge < -0.3 is 5.11 Å². The van der Waals surface area contributed by atoms with Crippen LogP contribution in [0.4, 0.5) is 0 Å². The SMILES string of the molecule is OCc1cccc(CN2CCCCC2)c1. The summed E-state index contributed by atoms with van der Waals surface area (Å²) < 4.78 is 0. The Morgan fingerprint density at radius 3 is 2.53 bits per heavy atom. The standard InChI is InChI=1S/C13H19NO/c15-11-13-6-4-5-12(9-13)10-14-7-2-1-3-8-14/h4-6,9,15H,1-3,7-8,10-11H2. The lowest BCUT2D eigenvalue weighted by Crippen LogP contribution is -2.29. The van der Waals surface area contributed by atoms with Gasteiger partial charge in [-0.3, -0.25) is 4.90 Å². The van der Waals surface area contributed by atoms with E-state index in [1.807, 2.05) is 12.1 Å². The van der Waals surface area contributed by atoms with Crippen molar-refractivity contribution in [2.75, 3.05) is 13.1 Å². The van der Waals surface area contributed by atoms with E-state index in [1.165, 1.54) is 37.9 Å². The number of piperidine rings is 1. The van der Waals surface area contributed by atoms with Crippen LogP contribution < -0.4 is 0 Å². The minimum atomic E-state index is 0.147. The van der Waals surface area contributed by atoms with Crippen LogP contribution in [-0.4, -0.2) is 23.1 Å². The summed E-state index contributed by atoms with van der Waals surface area (Å²) in [5.74, 6) is 0. The van der Waals surface area contributed by atoms with Gasteiger partial charge >= 0.3 is 0 Å². The zero-order chi connectivity index (χ0) is 10.5. The van der Waals surface area contributed by atoms with Crippen LogP contribution in [-0.2, 0) is 13.2 Å². The van der Waals surface area contributed by atoms with E-state index in [2.05, 4.69) is 17.0 Å². The fourth-order valence-electron chi connectivity index (χ4n) is 2.20. The predicted molar refractivity (Wildman–Crippen MR) is 61.5 cm³/mol. The van der Waals surface area contributed by atoms with Crippen molar-refractivity contribution in [1.82, 2.24) is 4.90 Å². The summed E-state index contributed by atoms with van der Waals surface area (Å²) in [5, 5.41) is 9.05. The molecule has 82 valence electrons. The number of nitrogens with zero attached hydrogens (tertiary/aromatic N) is 1. The van der Waals surface area contributed by atoms with Gasteiger partial charge in [0.05, 0.1) is 6.61 Å². The molecule has 1 aliphatic rings. The normalized spacial score (nSPS) is 17.9. The van der Waals surface area contributed by atoms with E-state index in [0.717, 1.165) is 12.1 Å². The van der Waals surface area contributed by atoms with Crippen molar-refractivity contribution < 1.29 is 5.11 Å². The Hall–Kier alpha value is -0.860. The molecule has 15 heavy (non-hydrogen) atoms. The first kappa shape index (κ1) is 10.7. The zero-order valence-electron chi connectivity index (χ0n) is 9.15. The van der Waals surface area contributed by atoms with E-state index >= 15 is 0 Å². The smallest absolute Gasteiger partial charge is 0.0681 e. The van der Waals surface area contributed by atoms with Crippen LogP contribution in [0.15, 0.2) is 24.3 Å². The highest BCUT2D eigenvalue weighted by molar-refractivity contribution is 5.22. The molecule has 1 aliphatic heterocycles. The van der Waals surface area contributed by atoms with Crippen LogP contribution >= 0.6 is 0 Å². The number of aliphatic hydroxyl groups excluding tert-OH is 1. The van der Waals surface area contributed by atoms with Crippen molar-refractivity contribution >= 4 is 0 Å². The van der Waals surface area contributed by atoms with Crippen LogP contribution in [0.1, 0.15) is 30.4 Å². The van der Waals surface area contributed by atoms with Crippen LogP contribution in [0.3, 0.4) is 0 Å². The summed E-state index contributed by atoms with van der Waals surface area (Å²) in [6.07, 6.45) is 4.05. The first-order valence-electron chi connectivity index (χ1n) is 5.79. The number of benzene rings is 1. The maximum Gasteiger partial charge on any atom is 0.0681 e. The molecule has 1 aromatic carbocycles. The zero-order valence-corrected chi connectivity index (χ0v) is 9.15. The molecule has 0 aliphatic carbocycles. The van der Waals surface area contributed by atoms with Crippen LogP contribution in [0.25, 0.3) is 0 Å². The second-order valence-corrected chi connectivity index (χ2v) is 4.31. The summed E-state index contributed by atoms with van der Waals surface area (Å²) in [6, 6.07) is 8.26. The molecule has 2 rings (SSSR count). The van der Waals surface area contributed by atoms with Crippen molar-refractivity contribution in [3.63, 3.8) is 0 Å². The molecule has 2 nitrogen and oxygen atoms in total. The molecule has 0 spiro atoms. The second-order valence-electron chi connectivity index (χ2n) is 4.31. The third-order valence-corrected chi connectivity index (χ3v) is 3.03. The molecule has 0 radical (unpaired) electrons. The highest BCUT2D eigenvalue weighted by Crippen LogP contribution is 2.13. The van der Waals surface area contributed by atoms with Gasteiger partial charge in [0.15, 0.2) is 0 Å². The third-order valence-electron chi connectivity index (χ3n) is 3.03. The van der Waals surface area contributed by atoms with E-state index in [0.29, 0.717) is 0 Å². The predicted octanol–water partition coefficient (Wildman–Crippen LogP) is 2.16. The minimum Gasteiger partial charge on any atom is -0.392 e. The van der Waals surface area contributed by atoms with Crippen molar-refractivity contribution in [3.8, 4) is 0 Å². The fraction of sp³-hybridized carbons (Fsp3) is 0.538. The van der Waals surface area contributed by atoms with Crippen LogP contribution in [0.2, 0.25) is 0 Å². The Morgan fingerprint density at radius 1 is 1.07 bits per heavy atom. The molecule has 1 aromatic rings. The molecule has 0 saturated carbocycles. The van der Waals surface area contributed by atoms with E-state index in [9.17, 15) is 0 Å². The van der Waals surface area contributed by atoms with Gasteiger partial charge in [0.2, 0.25) is 0 Å². The molecule has 1 heterocycles. The third kappa shape index (κ3) is 3.05. The van der Waals surface area contributed by atoms with Gasteiger partial charge in [-0.1, -0.05) is 30.7 Å². The molecule has 2 heteroatoms. The average molecular weight is 205 g/mol. The van der Waals surface area contributed by atoms with Crippen LogP contribution in [0, 0.1) is 0 Å². The van der Waals surface area contributed by atoms with Crippen molar-refractivity contribution in [2.24, 2.45) is 0 Å². The Balaban J connectivity index is 1.96. The molecular weight excluding hydrogens is 186 g/mol. The highest BCUT2D eigenvalue weighted by atomic mass is 16.3. The summed E-state index contributed by atoms with van der Waals surface area (Å²) in [7, 11) is 0. The lowest BCUT2D eigenvalue weighted by Gasteiger charge is -2.26. The van der Waals surface area contributed by atoms with Crippen LogP contribution in [0.5, 0.6) is 0 Å². The lowest BCUT2D eigenvalue weighted by atomic mass is 10.1. The van der Waals surface area contributed by atoms with Gasteiger partial charge in [0.25, 0.3) is 0 Å². The van der Waals surface area contributed by atoms with Gasteiger partial charge in [-0.25, -0.2) is 0 Å². The summed E-state index contributed by atoms with van der Waals surface area (Å²) in [4.78, 5) is 2.50. The number of hydrogen-bond donors (Lipinski definition) is 1. The average Bonchev–Trinajstić information content (AvgIpc) is 2.31. The first-order valence-corrected chi connectivity index (χ1v) is 5.79. The van der Waals surface area contributed by atoms with Crippen molar-refractivity contribution in [2.45, 2.75) is 32.4 Å².